The molecule has 6 aliphatic rings. The van der Waals surface area contributed by atoms with Gasteiger partial charge < -0.3 is 25.2 Å². The lowest BCUT2D eigenvalue weighted by atomic mass is 9.32. The van der Waals surface area contributed by atoms with Crippen molar-refractivity contribution in [3.05, 3.63) is 106 Å². The minimum absolute atomic E-state index is 0.00897. The number of nitrogens with zero attached hydrogens (tertiary/aromatic N) is 1. The van der Waals surface area contributed by atoms with E-state index in [1.807, 2.05) is 60.7 Å². The summed E-state index contributed by atoms with van der Waals surface area (Å²) >= 11 is 1.68. The number of urea groups is 1. The Morgan fingerprint density at radius 3 is 2.37 bits per heavy atom. The molecule has 0 saturated heterocycles. The van der Waals surface area contributed by atoms with E-state index in [2.05, 4.69) is 48.8 Å². The molecule has 6 aliphatic carbocycles. The van der Waals surface area contributed by atoms with Crippen LogP contribution >= 0.6 is 11.3 Å². The predicted octanol–water partition coefficient (Wildman–Crippen LogP) is 8.31. The smallest absolute Gasteiger partial charge is 0.321 e. The van der Waals surface area contributed by atoms with Crippen LogP contribution in [0.25, 0.3) is 0 Å². The average molecular weight is 707 g/mol. The van der Waals surface area contributed by atoms with Crippen molar-refractivity contribution in [3.63, 3.8) is 0 Å². The number of ketones is 1. The SMILES string of the molecule is COc1ccc(NC(=O)N(CCc2cccs2)CC2(O)CCC3C45C=CC6(C=C4C(=O)c4ccccc4)CC(O)CCC6(C)C5CCC32C)cc1. The molecule has 8 heteroatoms. The van der Waals surface area contributed by atoms with Crippen molar-refractivity contribution in [2.45, 2.75) is 76.9 Å². The fraction of sp³-hybridized carbons (Fsp3) is 0.488. The molecule has 0 aliphatic heterocycles. The fourth-order valence-corrected chi connectivity index (χ4v) is 12.2. The molecule has 8 unspecified atom stereocenters. The third-order valence-electron chi connectivity index (χ3n) is 14.3. The van der Waals surface area contributed by atoms with E-state index in [-0.39, 0.29) is 41.0 Å². The van der Waals surface area contributed by atoms with Crippen LogP contribution in [0.3, 0.4) is 0 Å². The van der Waals surface area contributed by atoms with Crippen LogP contribution in [0.5, 0.6) is 5.75 Å². The lowest BCUT2D eigenvalue weighted by Gasteiger charge is -2.71. The number of methoxy groups -OCH3 is 1. The lowest BCUT2D eigenvalue weighted by molar-refractivity contribution is -0.174. The molecule has 51 heavy (non-hydrogen) atoms. The van der Waals surface area contributed by atoms with E-state index >= 15 is 0 Å². The highest BCUT2D eigenvalue weighted by Gasteiger charge is 2.74. The number of amides is 2. The number of ether oxygens (including phenoxy) is 1. The maximum absolute atomic E-state index is 14.7. The molecule has 3 N–H and O–H groups in total. The number of carbonyl (C=O) groups excluding carboxylic acids is 2. The van der Waals surface area contributed by atoms with Crippen LogP contribution in [0.4, 0.5) is 10.5 Å². The number of aliphatic hydroxyl groups excluding tert-OH is 1. The second-order valence-corrected chi connectivity index (χ2v) is 17.4. The lowest BCUT2D eigenvalue weighted by Crippen LogP contribution is -2.67. The van der Waals surface area contributed by atoms with Gasteiger partial charge in [0.15, 0.2) is 5.78 Å². The van der Waals surface area contributed by atoms with Gasteiger partial charge in [0, 0.05) is 44.5 Å². The van der Waals surface area contributed by atoms with E-state index in [0.29, 0.717) is 42.8 Å². The minimum atomic E-state index is -1.16. The number of carbonyl (C=O) groups is 2. The van der Waals surface area contributed by atoms with Crippen LogP contribution in [0.15, 0.2) is 95.9 Å². The summed E-state index contributed by atoms with van der Waals surface area (Å²) < 4.78 is 5.31. The van der Waals surface area contributed by atoms with E-state index in [1.165, 1.54) is 4.88 Å². The van der Waals surface area contributed by atoms with Gasteiger partial charge in [0.1, 0.15) is 5.75 Å². The van der Waals surface area contributed by atoms with Gasteiger partial charge in [-0.2, -0.15) is 0 Å². The molecule has 2 bridgehead atoms. The zero-order valence-corrected chi connectivity index (χ0v) is 30.8. The third-order valence-corrected chi connectivity index (χ3v) is 15.2. The summed E-state index contributed by atoms with van der Waals surface area (Å²) in [6, 6.07) is 20.8. The Balaban J connectivity index is 1.16. The average Bonchev–Trinajstić information content (AvgIpc) is 3.76. The molecule has 3 fully saturated rings. The van der Waals surface area contributed by atoms with Gasteiger partial charge in [-0.15, -0.1) is 11.3 Å². The van der Waals surface area contributed by atoms with Crippen LogP contribution in [0, 0.1) is 33.5 Å². The molecule has 3 saturated carbocycles. The second kappa shape index (κ2) is 12.5. The van der Waals surface area contributed by atoms with Gasteiger partial charge in [-0.1, -0.05) is 68.5 Å². The highest BCUT2D eigenvalue weighted by atomic mass is 32.1. The molecule has 8 atom stereocenters. The van der Waals surface area contributed by atoms with Crippen LogP contribution < -0.4 is 10.1 Å². The fourth-order valence-electron chi connectivity index (χ4n) is 11.5. The summed E-state index contributed by atoms with van der Waals surface area (Å²) in [6.07, 6.45) is 12.6. The molecule has 2 spiro atoms. The summed E-state index contributed by atoms with van der Waals surface area (Å²) in [6.45, 7) is 5.31. The van der Waals surface area contributed by atoms with E-state index in [1.54, 1.807) is 23.3 Å². The number of Topliss-reactive ketones (excluding diaryl/α,β-unsaturated/α-hetero) is 1. The van der Waals surface area contributed by atoms with E-state index in [0.717, 1.165) is 37.7 Å². The number of allylic oxidation sites excluding steroid dienone is 4. The standard InChI is InChI=1S/C43H50N2O5S/c1-39-19-15-31(46)26-41(39)22-23-43(34(27-41)37(47)29-8-5-4-6-9-29)35(39)16-20-40(2)36(43)17-21-42(40,49)28-45(24-18-33-10-7-25-51-33)38(48)44-30-11-13-32(50-3)14-12-30/h4-14,22-23,25,27,31,35-36,46,49H,15-21,24,26,28H2,1-3H3,(H,44,48). The Kier molecular flexibility index (Phi) is 8.39. The molecular weight excluding hydrogens is 657 g/mol. The topological polar surface area (TPSA) is 99.1 Å². The van der Waals surface area contributed by atoms with Crippen molar-refractivity contribution >= 4 is 28.8 Å². The molecule has 268 valence electrons. The number of benzene rings is 2. The van der Waals surface area contributed by atoms with Gasteiger partial charge in [0.2, 0.25) is 0 Å². The Morgan fingerprint density at radius 1 is 0.922 bits per heavy atom. The molecule has 1 aromatic heterocycles. The maximum atomic E-state index is 14.7. The summed E-state index contributed by atoms with van der Waals surface area (Å²) in [4.78, 5) is 31.8. The number of nitrogens with one attached hydrogen (secondary N) is 1. The van der Waals surface area contributed by atoms with Crippen LogP contribution in [0.1, 0.15) is 74.0 Å². The highest BCUT2D eigenvalue weighted by Crippen LogP contribution is 2.78. The first-order chi connectivity index (χ1) is 24.5. The van der Waals surface area contributed by atoms with E-state index in [4.69, 9.17) is 4.74 Å². The van der Waals surface area contributed by atoms with Crippen molar-refractivity contribution < 1.29 is 24.5 Å². The summed E-state index contributed by atoms with van der Waals surface area (Å²) in [5, 5.41) is 29.2. The number of hydrogen-bond acceptors (Lipinski definition) is 6. The largest absolute Gasteiger partial charge is 0.497 e. The Hall–Kier alpha value is -3.72. The van der Waals surface area contributed by atoms with Crippen LogP contribution in [-0.4, -0.2) is 58.8 Å². The first-order valence-electron chi connectivity index (χ1n) is 18.6. The quantitative estimate of drug-likeness (QED) is 0.154. The van der Waals surface area contributed by atoms with Gasteiger partial charge >= 0.3 is 6.03 Å². The summed E-state index contributed by atoms with van der Waals surface area (Å²) in [7, 11) is 1.62. The van der Waals surface area contributed by atoms with Gasteiger partial charge in [-0.3, -0.25) is 4.79 Å². The third kappa shape index (κ3) is 5.19. The maximum Gasteiger partial charge on any atom is 0.321 e. The van der Waals surface area contributed by atoms with Gasteiger partial charge in [0.25, 0.3) is 0 Å². The van der Waals surface area contributed by atoms with Gasteiger partial charge in [-0.05, 0) is 104 Å². The van der Waals surface area contributed by atoms with Crippen molar-refractivity contribution in [1.29, 1.82) is 0 Å². The summed E-state index contributed by atoms with van der Waals surface area (Å²) in [5.41, 5.74) is -0.533. The monoisotopic (exact) mass is 706 g/mol. The number of fused-ring (bicyclic) bond motifs is 1. The molecule has 9 rings (SSSR count). The van der Waals surface area contributed by atoms with E-state index in [9.17, 15) is 19.8 Å². The second-order valence-electron chi connectivity index (χ2n) is 16.4. The Morgan fingerprint density at radius 2 is 1.65 bits per heavy atom. The summed E-state index contributed by atoms with van der Waals surface area (Å²) in [5.74, 6) is 0.993. The predicted molar refractivity (Wildman–Crippen MR) is 201 cm³/mol. The molecule has 2 aromatic carbocycles. The zero-order valence-electron chi connectivity index (χ0n) is 29.9. The minimum Gasteiger partial charge on any atom is -0.497 e. The first kappa shape index (κ1) is 34.4. The molecule has 7 nitrogen and oxygen atoms in total. The first-order valence-corrected chi connectivity index (χ1v) is 19.5. The zero-order chi connectivity index (χ0) is 35.6. The highest BCUT2D eigenvalue weighted by molar-refractivity contribution is 7.09. The molecule has 0 radical (unpaired) electrons. The van der Waals surface area contributed by atoms with Crippen molar-refractivity contribution in [1.82, 2.24) is 4.90 Å². The van der Waals surface area contributed by atoms with E-state index < -0.39 is 22.5 Å². The van der Waals surface area contributed by atoms with Crippen LogP contribution in [0.2, 0.25) is 0 Å². The molecule has 1 heterocycles. The Labute approximate surface area is 305 Å². The van der Waals surface area contributed by atoms with Crippen molar-refractivity contribution in [2.75, 3.05) is 25.5 Å². The van der Waals surface area contributed by atoms with Gasteiger partial charge in [0.05, 0.1) is 25.4 Å². The van der Waals surface area contributed by atoms with Crippen LogP contribution in [-0.2, 0) is 6.42 Å². The number of hydrogen-bond donors (Lipinski definition) is 3. The number of thiophene rings is 1. The van der Waals surface area contributed by atoms with Crippen molar-refractivity contribution in [3.8, 4) is 5.75 Å². The number of anilines is 1. The van der Waals surface area contributed by atoms with Gasteiger partial charge in [-0.25, -0.2) is 4.79 Å². The molecule has 3 aromatic rings. The normalized spacial score (nSPS) is 36.0. The Bertz CT molecular complexity index is 1860. The number of rotatable bonds is 9. The molecular formula is C43H50N2O5S. The van der Waals surface area contributed by atoms with Crippen molar-refractivity contribution in [2.24, 2.45) is 33.5 Å². The number of aliphatic hydroxyl groups is 2. The molecule has 2 amide bonds.